The molecule has 0 spiro atoms. The van der Waals surface area contributed by atoms with Crippen LogP contribution < -0.4 is 10.1 Å². The number of rotatable bonds is 11. The molecular weight excluding hydrogens is 538 g/mol. The molecule has 0 saturated carbocycles. The van der Waals surface area contributed by atoms with E-state index in [2.05, 4.69) is 71.7 Å². The molecule has 0 saturated heterocycles. The monoisotopic (exact) mass is 577 g/mol. The van der Waals surface area contributed by atoms with Crippen LogP contribution in [0.15, 0.2) is 79.1 Å². The van der Waals surface area contributed by atoms with Crippen molar-refractivity contribution in [3.63, 3.8) is 0 Å². The van der Waals surface area contributed by atoms with Gasteiger partial charge in [0, 0.05) is 18.7 Å². The molecule has 8 heteroatoms. The highest BCUT2D eigenvalue weighted by Gasteiger charge is 2.40. The number of carbonyl (C=O) groups excluding carboxylic acids is 1. The minimum Gasteiger partial charge on any atom is -0.497 e. The van der Waals surface area contributed by atoms with Gasteiger partial charge < -0.3 is 14.8 Å². The minimum absolute atomic E-state index is 0.0971. The summed E-state index contributed by atoms with van der Waals surface area (Å²) in [7, 11) is 1.66. The number of aryl methyl sites for hydroxylation is 3. The summed E-state index contributed by atoms with van der Waals surface area (Å²) in [4.78, 5) is 18.1. The lowest BCUT2D eigenvalue weighted by atomic mass is 9.69. The van der Waals surface area contributed by atoms with E-state index in [1.54, 1.807) is 19.5 Å². The average Bonchev–Trinajstić information content (AvgIpc) is 3.44. The Kier molecular flexibility index (Phi) is 8.87. The fourth-order valence-corrected chi connectivity index (χ4v) is 5.60. The number of hydrogen-bond donors (Lipinski definition) is 1. The summed E-state index contributed by atoms with van der Waals surface area (Å²) in [5.74, 6) is 0.445. The Bertz CT molecular complexity index is 1710. The molecule has 43 heavy (non-hydrogen) atoms. The van der Waals surface area contributed by atoms with E-state index in [-0.39, 0.29) is 11.8 Å². The number of hydrogen-bond acceptors (Lipinski definition) is 6. The first kappa shape index (κ1) is 29.9. The van der Waals surface area contributed by atoms with Crippen molar-refractivity contribution < 1.29 is 14.3 Å². The molecule has 0 fully saturated rings. The molecule has 3 aromatic carbocycles. The summed E-state index contributed by atoms with van der Waals surface area (Å²) in [5, 5.41) is 12.0. The smallest absolute Gasteiger partial charge is 0.231 e. The molecule has 1 N–H and O–H groups in total. The van der Waals surface area contributed by atoms with Crippen molar-refractivity contribution in [2.45, 2.75) is 60.3 Å². The summed E-state index contributed by atoms with van der Waals surface area (Å²) in [6.07, 6.45) is 3.35. The van der Waals surface area contributed by atoms with E-state index in [1.165, 1.54) is 0 Å². The molecule has 0 unspecified atom stereocenters. The fourth-order valence-electron chi connectivity index (χ4n) is 5.60. The lowest BCUT2D eigenvalue weighted by Crippen LogP contribution is -2.37. The zero-order valence-corrected chi connectivity index (χ0v) is 25.7. The fraction of sp³-hybridized carbons (Fsp3) is 0.314. The zero-order valence-electron chi connectivity index (χ0n) is 25.7. The number of amides is 1. The predicted octanol–water partition coefficient (Wildman–Crippen LogP) is 6.99. The summed E-state index contributed by atoms with van der Waals surface area (Å²) in [6.45, 7) is 11.9. The van der Waals surface area contributed by atoms with Gasteiger partial charge in [0.25, 0.3) is 0 Å². The molecule has 8 nitrogen and oxygen atoms in total. The number of carbonyl (C=O) groups is 1. The second-order valence-corrected chi connectivity index (χ2v) is 11.4. The van der Waals surface area contributed by atoms with Gasteiger partial charge >= 0.3 is 0 Å². The van der Waals surface area contributed by atoms with Crippen molar-refractivity contribution in [3.05, 3.63) is 113 Å². The molecule has 0 bridgehead atoms. The summed E-state index contributed by atoms with van der Waals surface area (Å²) >= 11 is 0. The number of ether oxygens (including phenoxy) is 2. The van der Waals surface area contributed by atoms with Gasteiger partial charge in [-0.25, -0.2) is 4.68 Å². The summed E-state index contributed by atoms with van der Waals surface area (Å²) in [5.41, 5.74) is 8.02. The van der Waals surface area contributed by atoms with Gasteiger partial charge in [-0.15, -0.1) is 5.10 Å². The van der Waals surface area contributed by atoms with Crippen LogP contribution in [0.1, 0.15) is 60.1 Å². The number of fused-ring (bicyclic) bond motifs is 1. The number of anilines is 1. The van der Waals surface area contributed by atoms with E-state index in [1.807, 2.05) is 54.9 Å². The van der Waals surface area contributed by atoms with Crippen LogP contribution in [0.5, 0.6) is 5.75 Å². The number of nitrogens with zero attached hydrogens (tertiary/aromatic N) is 4. The van der Waals surface area contributed by atoms with Crippen LogP contribution in [0.4, 0.5) is 5.69 Å². The molecule has 5 aromatic rings. The van der Waals surface area contributed by atoms with Crippen LogP contribution in [-0.4, -0.2) is 33.0 Å². The molecule has 0 radical (unpaired) electrons. The Morgan fingerprint density at radius 1 is 1.02 bits per heavy atom. The third-order valence-corrected chi connectivity index (χ3v) is 8.21. The van der Waals surface area contributed by atoms with Crippen LogP contribution in [0, 0.1) is 19.3 Å². The third kappa shape index (κ3) is 6.29. The van der Waals surface area contributed by atoms with Crippen LogP contribution >= 0.6 is 0 Å². The molecule has 1 amide bonds. The summed E-state index contributed by atoms with van der Waals surface area (Å²) in [6, 6.07) is 22.2. The molecule has 222 valence electrons. The van der Waals surface area contributed by atoms with Gasteiger partial charge in [-0.3, -0.25) is 9.78 Å². The van der Waals surface area contributed by atoms with Crippen molar-refractivity contribution >= 4 is 22.6 Å². The lowest BCUT2D eigenvalue weighted by molar-refractivity contribution is -0.124. The highest BCUT2D eigenvalue weighted by molar-refractivity contribution is 5.96. The van der Waals surface area contributed by atoms with Gasteiger partial charge in [0.05, 0.1) is 43.1 Å². The van der Waals surface area contributed by atoms with E-state index in [9.17, 15) is 4.79 Å². The second kappa shape index (κ2) is 12.8. The van der Waals surface area contributed by atoms with Crippen LogP contribution in [0.25, 0.3) is 11.0 Å². The number of methoxy groups -OCH3 is 1. The van der Waals surface area contributed by atoms with Gasteiger partial charge in [0.15, 0.2) is 0 Å². The third-order valence-electron chi connectivity index (χ3n) is 8.21. The first-order valence-electron chi connectivity index (χ1n) is 14.6. The van der Waals surface area contributed by atoms with E-state index in [4.69, 9.17) is 9.47 Å². The first-order chi connectivity index (χ1) is 20.7. The number of aromatic nitrogens is 4. The average molecular weight is 578 g/mol. The highest BCUT2D eigenvalue weighted by Crippen LogP contribution is 2.44. The first-order valence-corrected chi connectivity index (χ1v) is 14.6. The van der Waals surface area contributed by atoms with Gasteiger partial charge in [0.1, 0.15) is 11.3 Å². The van der Waals surface area contributed by atoms with Crippen molar-refractivity contribution in [2.75, 3.05) is 12.4 Å². The maximum absolute atomic E-state index is 14.0. The second-order valence-electron chi connectivity index (χ2n) is 11.4. The Balaban J connectivity index is 1.51. The Labute approximate surface area is 253 Å². The lowest BCUT2D eigenvalue weighted by Gasteiger charge is -2.35. The van der Waals surface area contributed by atoms with Gasteiger partial charge in [-0.1, -0.05) is 55.5 Å². The van der Waals surface area contributed by atoms with Crippen molar-refractivity contribution in [2.24, 2.45) is 5.41 Å². The minimum atomic E-state index is -0.842. The molecule has 2 aromatic heterocycles. The molecule has 2 heterocycles. The van der Waals surface area contributed by atoms with Gasteiger partial charge in [0.2, 0.25) is 5.91 Å². The summed E-state index contributed by atoms with van der Waals surface area (Å²) < 4.78 is 13.3. The van der Waals surface area contributed by atoms with Gasteiger partial charge in [-0.05, 0) is 84.5 Å². The standard InChI is InChI=1S/C35H39N5O3/c1-7-40-31-17-16-30(24(3)33(31)38-39-40)32(35(4,5)34(41)37-28-9-8-18-36-20-28)26-13-10-23(2)27(19-26)22-43-21-25-11-14-29(42-6)15-12-25/h8-20,32H,7,21-22H2,1-6H3,(H,37,41)/t32-/m0/s1. The van der Waals surface area contributed by atoms with Crippen LogP contribution in [-0.2, 0) is 29.3 Å². The SMILES string of the molecule is CCn1nnc2c(C)c([C@H](c3ccc(C)c(COCc4ccc(OC)cc4)c3)C(C)(C)C(=O)Nc3cccnc3)ccc21. The van der Waals surface area contributed by atoms with Crippen molar-refractivity contribution in [3.8, 4) is 5.75 Å². The van der Waals surface area contributed by atoms with E-state index in [0.717, 1.165) is 56.7 Å². The van der Waals surface area contributed by atoms with Crippen LogP contribution in [0.3, 0.4) is 0 Å². The molecular formula is C35H39N5O3. The molecule has 0 aliphatic heterocycles. The van der Waals surface area contributed by atoms with E-state index < -0.39 is 5.41 Å². The Morgan fingerprint density at radius 3 is 2.51 bits per heavy atom. The van der Waals surface area contributed by atoms with Crippen molar-refractivity contribution in [1.29, 1.82) is 0 Å². The number of benzene rings is 3. The van der Waals surface area contributed by atoms with Crippen molar-refractivity contribution in [1.82, 2.24) is 20.0 Å². The van der Waals surface area contributed by atoms with Crippen LogP contribution in [0.2, 0.25) is 0 Å². The van der Waals surface area contributed by atoms with Gasteiger partial charge in [-0.2, -0.15) is 0 Å². The predicted molar refractivity (Wildman–Crippen MR) is 169 cm³/mol. The molecule has 5 rings (SSSR count). The van der Waals surface area contributed by atoms with E-state index in [0.29, 0.717) is 18.9 Å². The normalized spacial score (nSPS) is 12.3. The molecule has 1 atom stereocenters. The Morgan fingerprint density at radius 2 is 1.81 bits per heavy atom. The molecule has 0 aliphatic carbocycles. The number of pyridine rings is 1. The molecule has 0 aliphatic rings. The topological polar surface area (TPSA) is 91.2 Å². The maximum Gasteiger partial charge on any atom is 0.231 e. The zero-order chi connectivity index (χ0) is 30.6. The highest BCUT2D eigenvalue weighted by atomic mass is 16.5. The maximum atomic E-state index is 14.0. The largest absolute Gasteiger partial charge is 0.497 e. The quantitative estimate of drug-likeness (QED) is 0.182. The van der Waals surface area contributed by atoms with E-state index >= 15 is 0 Å². The number of nitrogens with one attached hydrogen (secondary N) is 1. The Hall–Kier alpha value is -4.56.